The molecule has 68 valence electrons. The van der Waals surface area contributed by atoms with E-state index in [1.165, 1.54) is 10.5 Å². The molecule has 0 fully saturated rings. The van der Waals surface area contributed by atoms with Crippen molar-refractivity contribution in [3.8, 4) is 0 Å². The van der Waals surface area contributed by atoms with Crippen molar-refractivity contribution in [2.24, 2.45) is 0 Å². The summed E-state index contributed by atoms with van der Waals surface area (Å²) in [6.07, 6.45) is 0. The van der Waals surface area contributed by atoms with E-state index in [1.807, 2.05) is 36.0 Å². The molecule has 0 aliphatic heterocycles. The Morgan fingerprint density at radius 3 is 2.07 bits per heavy atom. The molecule has 1 heteroatoms. The second-order valence-corrected chi connectivity index (χ2v) is 3.98. The highest BCUT2D eigenvalue weighted by Gasteiger charge is 1.93. The van der Waals surface area contributed by atoms with Gasteiger partial charge in [0.05, 0.1) is 0 Å². The number of rotatable bonds is 3. The number of thioether (sulfide) groups is 1. The standard InChI is InChI=1S/C13H10S/c1-3-7-12(8-4-1)11-14-13-9-5-2-6-10-13/h3-10H,11H2. The minimum atomic E-state index is 1.01. The van der Waals surface area contributed by atoms with Gasteiger partial charge in [0.15, 0.2) is 0 Å². The van der Waals surface area contributed by atoms with E-state index in [9.17, 15) is 0 Å². The first kappa shape index (κ1) is 9.35. The third-order valence-corrected chi connectivity index (χ3v) is 2.96. The molecule has 0 aromatic heterocycles. The van der Waals surface area contributed by atoms with Gasteiger partial charge >= 0.3 is 0 Å². The van der Waals surface area contributed by atoms with Crippen LogP contribution in [0.3, 0.4) is 0 Å². The molecular weight excluding hydrogens is 188 g/mol. The molecule has 0 bridgehead atoms. The normalized spacial score (nSPS) is 10.0. The fourth-order valence-electron chi connectivity index (χ4n) is 1.15. The molecule has 0 spiro atoms. The average molecular weight is 198 g/mol. The Bertz CT molecular complexity index is 327. The van der Waals surface area contributed by atoms with Crippen LogP contribution in [-0.4, -0.2) is 0 Å². The van der Waals surface area contributed by atoms with Crippen LogP contribution in [-0.2, 0) is 5.75 Å². The molecule has 14 heavy (non-hydrogen) atoms. The minimum absolute atomic E-state index is 1.01. The van der Waals surface area contributed by atoms with Crippen LogP contribution in [0.15, 0.2) is 53.4 Å². The molecule has 2 rings (SSSR count). The van der Waals surface area contributed by atoms with Crippen molar-refractivity contribution in [2.75, 3.05) is 0 Å². The zero-order chi connectivity index (χ0) is 9.64. The summed E-state index contributed by atoms with van der Waals surface area (Å²) in [5.74, 6) is 1.01. The van der Waals surface area contributed by atoms with Crippen molar-refractivity contribution in [3.63, 3.8) is 0 Å². The van der Waals surface area contributed by atoms with Crippen LogP contribution in [0, 0.1) is 12.1 Å². The molecule has 0 atom stereocenters. The molecular formula is C13H10S. The molecule has 0 heterocycles. The average Bonchev–Trinajstić information content (AvgIpc) is 2.29. The van der Waals surface area contributed by atoms with Crippen molar-refractivity contribution in [2.45, 2.75) is 10.6 Å². The Hall–Kier alpha value is -1.21. The highest BCUT2D eigenvalue weighted by atomic mass is 32.2. The molecule has 2 aromatic carbocycles. The van der Waals surface area contributed by atoms with Crippen LogP contribution < -0.4 is 0 Å². The molecule has 0 aliphatic rings. The van der Waals surface area contributed by atoms with Crippen molar-refractivity contribution in [1.82, 2.24) is 0 Å². The molecule has 0 nitrogen and oxygen atoms in total. The van der Waals surface area contributed by atoms with Crippen LogP contribution in [0.5, 0.6) is 0 Å². The Balaban J connectivity index is 1.96. The number of hydrogen-bond acceptors (Lipinski definition) is 1. The first-order valence-corrected chi connectivity index (χ1v) is 5.47. The van der Waals surface area contributed by atoms with Crippen molar-refractivity contribution in [1.29, 1.82) is 0 Å². The zero-order valence-electron chi connectivity index (χ0n) is 7.73. The molecule has 0 saturated carbocycles. The summed E-state index contributed by atoms with van der Waals surface area (Å²) in [5.41, 5.74) is 1.33. The van der Waals surface area contributed by atoms with E-state index in [-0.39, 0.29) is 0 Å². The third-order valence-electron chi connectivity index (χ3n) is 1.88. The Kier molecular flexibility index (Phi) is 3.25. The van der Waals surface area contributed by atoms with Gasteiger partial charge in [-0.15, -0.1) is 11.8 Å². The summed E-state index contributed by atoms with van der Waals surface area (Å²) in [5, 5.41) is 0. The van der Waals surface area contributed by atoms with Gasteiger partial charge in [0.1, 0.15) is 0 Å². The first-order valence-electron chi connectivity index (χ1n) is 4.49. The van der Waals surface area contributed by atoms with Gasteiger partial charge in [-0.1, -0.05) is 36.4 Å². The lowest BCUT2D eigenvalue weighted by Crippen LogP contribution is -1.78. The van der Waals surface area contributed by atoms with Crippen molar-refractivity contribution in [3.05, 3.63) is 66.2 Å². The Morgan fingerprint density at radius 2 is 1.43 bits per heavy atom. The Labute approximate surface area is 89.0 Å². The SMILES string of the molecule is [c]1ccc(CSc2cc[c]cc2)cc1. The van der Waals surface area contributed by atoms with Crippen LogP contribution in [0.25, 0.3) is 0 Å². The summed E-state index contributed by atoms with van der Waals surface area (Å²) in [6.45, 7) is 0. The molecule has 0 amide bonds. The van der Waals surface area contributed by atoms with Crippen molar-refractivity contribution >= 4 is 11.8 Å². The molecule has 2 radical (unpaired) electrons. The smallest absolute Gasteiger partial charge is 0.0232 e. The van der Waals surface area contributed by atoms with Crippen LogP contribution in [0.1, 0.15) is 5.56 Å². The van der Waals surface area contributed by atoms with Gasteiger partial charge in [0.2, 0.25) is 0 Å². The molecule has 0 unspecified atom stereocenters. The van der Waals surface area contributed by atoms with E-state index in [0.29, 0.717) is 0 Å². The third kappa shape index (κ3) is 2.64. The summed E-state index contributed by atoms with van der Waals surface area (Å²) >= 11 is 1.84. The first-order chi connectivity index (χ1) is 6.95. The predicted octanol–water partition coefficient (Wildman–Crippen LogP) is 3.58. The van der Waals surface area contributed by atoms with Gasteiger partial charge in [0, 0.05) is 10.6 Å². The number of hydrogen-bond donors (Lipinski definition) is 0. The zero-order valence-corrected chi connectivity index (χ0v) is 8.55. The maximum Gasteiger partial charge on any atom is 0.0232 e. The maximum absolute atomic E-state index is 3.02. The Morgan fingerprint density at radius 1 is 0.857 bits per heavy atom. The van der Waals surface area contributed by atoms with Gasteiger partial charge in [-0.3, -0.25) is 0 Å². The quantitative estimate of drug-likeness (QED) is 0.679. The highest BCUT2D eigenvalue weighted by molar-refractivity contribution is 7.98. The lowest BCUT2D eigenvalue weighted by Gasteiger charge is -2.00. The maximum atomic E-state index is 3.02. The van der Waals surface area contributed by atoms with E-state index in [2.05, 4.69) is 36.4 Å². The van der Waals surface area contributed by atoms with E-state index < -0.39 is 0 Å². The summed E-state index contributed by atoms with van der Waals surface area (Å²) < 4.78 is 0. The summed E-state index contributed by atoms with van der Waals surface area (Å²) in [6, 6.07) is 22.2. The molecule has 0 aliphatic carbocycles. The lowest BCUT2D eigenvalue weighted by atomic mass is 10.2. The van der Waals surface area contributed by atoms with Crippen molar-refractivity contribution < 1.29 is 0 Å². The van der Waals surface area contributed by atoms with Gasteiger partial charge in [-0.25, -0.2) is 0 Å². The number of benzene rings is 2. The lowest BCUT2D eigenvalue weighted by molar-refractivity contribution is 1.38. The van der Waals surface area contributed by atoms with E-state index in [4.69, 9.17) is 0 Å². The van der Waals surface area contributed by atoms with Crippen LogP contribution >= 0.6 is 11.8 Å². The topological polar surface area (TPSA) is 0 Å². The second-order valence-electron chi connectivity index (χ2n) is 2.93. The monoisotopic (exact) mass is 198 g/mol. The minimum Gasteiger partial charge on any atom is -0.121 e. The largest absolute Gasteiger partial charge is 0.121 e. The van der Waals surface area contributed by atoms with Gasteiger partial charge < -0.3 is 0 Å². The molecule has 0 saturated heterocycles. The van der Waals surface area contributed by atoms with E-state index >= 15 is 0 Å². The van der Waals surface area contributed by atoms with Gasteiger partial charge in [-0.05, 0) is 29.8 Å². The predicted molar refractivity (Wildman–Crippen MR) is 60.1 cm³/mol. The summed E-state index contributed by atoms with van der Waals surface area (Å²) in [4.78, 5) is 1.29. The van der Waals surface area contributed by atoms with Gasteiger partial charge in [0.25, 0.3) is 0 Å². The fraction of sp³-hybridized carbons (Fsp3) is 0.0769. The fourth-order valence-corrected chi connectivity index (χ4v) is 2.01. The van der Waals surface area contributed by atoms with Crippen LogP contribution in [0.2, 0.25) is 0 Å². The summed E-state index contributed by atoms with van der Waals surface area (Å²) in [7, 11) is 0. The molecule has 0 N–H and O–H groups in total. The molecule has 2 aromatic rings. The second kappa shape index (κ2) is 4.87. The van der Waals surface area contributed by atoms with Crippen LogP contribution in [0.4, 0.5) is 0 Å². The highest BCUT2D eigenvalue weighted by Crippen LogP contribution is 2.21. The van der Waals surface area contributed by atoms with Gasteiger partial charge in [-0.2, -0.15) is 0 Å². The van der Waals surface area contributed by atoms with E-state index in [1.54, 1.807) is 0 Å². The van der Waals surface area contributed by atoms with E-state index in [0.717, 1.165) is 5.75 Å².